The summed E-state index contributed by atoms with van der Waals surface area (Å²) in [6.07, 6.45) is 3.14. The van der Waals surface area contributed by atoms with Crippen molar-refractivity contribution in [3.8, 4) is 0 Å². The van der Waals surface area contributed by atoms with E-state index in [1.807, 2.05) is 5.38 Å². The fraction of sp³-hybridized carbons (Fsp3) is 0.286. The number of nitrogens with zero attached hydrogens (tertiary/aromatic N) is 4. The lowest BCUT2D eigenvalue weighted by Gasteiger charge is -2.07. The molecule has 0 radical (unpaired) electrons. The summed E-state index contributed by atoms with van der Waals surface area (Å²) < 4.78 is 1.70. The van der Waals surface area contributed by atoms with Gasteiger partial charge in [0.15, 0.2) is 0 Å². The Morgan fingerprint density at radius 3 is 3.15 bits per heavy atom. The third-order valence-electron chi connectivity index (χ3n) is 1.68. The smallest absolute Gasteiger partial charge is 0.137 e. The van der Waals surface area contributed by atoms with Gasteiger partial charge < -0.3 is 5.73 Å². The van der Waals surface area contributed by atoms with Gasteiger partial charge in [0.25, 0.3) is 0 Å². The van der Waals surface area contributed by atoms with E-state index in [9.17, 15) is 0 Å². The minimum Gasteiger partial charge on any atom is -0.321 e. The Hall–Kier alpha value is -1.27. The second kappa shape index (κ2) is 3.63. The van der Waals surface area contributed by atoms with E-state index in [1.54, 1.807) is 27.9 Å². The Labute approximate surface area is 79.2 Å². The van der Waals surface area contributed by atoms with Crippen LogP contribution in [0.15, 0.2) is 23.5 Å². The topological polar surface area (TPSA) is 69.6 Å². The molecule has 0 saturated carbocycles. The second-order valence-electron chi connectivity index (χ2n) is 2.64. The number of hydrogen-bond donors (Lipinski definition) is 1. The zero-order valence-corrected chi connectivity index (χ0v) is 7.68. The van der Waals surface area contributed by atoms with Crippen LogP contribution < -0.4 is 5.73 Å². The minimum absolute atomic E-state index is 0.104. The van der Waals surface area contributed by atoms with Crippen molar-refractivity contribution >= 4 is 11.3 Å². The van der Waals surface area contributed by atoms with Crippen molar-refractivity contribution in [2.45, 2.75) is 12.6 Å². The summed E-state index contributed by atoms with van der Waals surface area (Å²) in [4.78, 5) is 7.96. The molecule has 5 nitrogen and oxygen atoms in total. The molecule has 2 N–H and O–H groups in total. The van der Waals surface area contributed by atoms with Crippen molar-refractivity contribution in [1.82, 2.24) is 19.7 Å². The predicted octanol–water partition coefficient (Wildman–Crippen LogP) is 0.435. The van der Waals surface area contributed by atoms with Gasteiger partial charge in [-0.3, -0.25) is 4.68 Å². The van der Waals surface area contributed by atoms with Crippen LogP contribution in [0.5, 0.6) is 0 Å². The summed E-state index contributed by atoms with van der Waals surface area (Å²) in [7, 11) is 0. The van der Waals surface area contributed by atoms with E-state index < -0.39 is 0 Å². The molecule has 0 aromatic carbocycles. The molecule has 0 fully saturated rings. The van der Waals surface area contributed by atoms with Crippen LogP contribution in [-0.2, 0) is 6.54 Å². The first-order chi connectivity index (χ1) is 6.36. The van der Waals surface area contributed by atoms with E-state index in [4.69, 9.17) is 5.73 Å². The van der Waals surface area contributed by atoms with Crippen LogP contribution >= 0.6 is 11.3 Å². The van der Waals surface area contributed by atoms with Gasteiger partial charge in [0, 0.05) is 5.38 Å². The highest BCUT2D eigenvalue weighted by Gasteiger charge is 2.08. The quantitative estimate of drug-likeness (QED) is 0.771. The summed E-state index contributed by atoms with van der Waals surface area (Å²) in [6.45, 7) is 0.615. The SMILES string of the molecule is NC(Cn1cncn1)c1cscn1. The first-order valence-electron chi connectivity index (χ1n) is 3.82. The third-order valence-corrected chi connectivity index (χ3v) is 2.29. The standard InChI is InChI=1S/C7H9N5S/c8-6(7-2-13-5-10-7)1-12-4-9-3-11-12/h2-6H,1,8H2. The Morgan fingerprint density at radius 1 is 1.62 bits per heavy atom. The molecule has 6 heteroatoms. The first kappa shape index (κ1) is 8.33. The summed E-state index contributed by atoms with van der Waals surface area (Å²) in [6, 6.07) is -0.104. The van der Waals surface area contributed by atoms with E-state index in [0.29, 0.717) is 6.54 Å². The second-order valence-corrected chi connectivity index (χ2v) is 3.36. The van der Waals surface area contributed by atoms with Gasteiger partial charge in [0.2, 0.25) is 0 Å². The molecule has 2 heterocycles. The van der Waals surface area contributed by atoms with Gasteiger partial charge in [-0.2, -0.15) is 5.10 Å². The summed E-state index contributed by atoms with van der Waals surface area (Å²) in [5.41, 5.74) is 8.56. The van der Waals surface area contributed by atoms with E-state index >= 15 is 0 Å². The molecule has 68 valence electrons. The van der Waals surface area contributed by atoms with Crippen LogP contribution in [0.3, 0.4) is 0 Å². The molecule has 2 aromatic rings. The molecule has 0 amide bonds. The predicted molar refractivity (Wildman–Crippen MR) is 49.1 cm³/mol. The molecule has 13 heavy (non-hydrogen) atoms. The van der Waals surface area contributed by atoms with Crippen molar-refractivity contribution in [2.24, 2.45) is 5.73 Å². The monoisotopic (exact) mass is 195 g/mol. The van der Waals surface area contributed by atoms with Crippen LogP contribution in [0.4, 0.5) is 0 Å². The molecule has 1 unspecified atom stereocenters. The Kier molecular flexibility index (Phi) is 2.33. The number of nitrogens with two attached hydrogens (primary N) is 1. The Morgan fingerprint density at radius 2 is 2.54 bits per heavy atom. The molecule has 2 rings (SSSR count). The van der Waals surface area contributed by atoms with Gasteiger partial charge in [0.1, 0.15) is 12.7 Å². The molecular weight excluding hydrogens is 186 g/mol. The van der Waals surface area contributed by atoms with Crippen molar-refractivity contribution in [2.75, 3.05) is 0 Å². The number of hydrogen-bond acceptors (Lipinski definition) is 5. The van der Waals surface area contributed by atoms with E-state index in [0.717, 1.165) is 5.69 Å². The first-order valence-corrected chi connectivity index (χ1v) is 4.76. The highest BCUT2D eigenvalue weighted by molar-refractivity contribution is 7.07. The molecule has 0 aliphatic heterocycles. The average Bonchev–Trinajstić information content (AvgIpc) is 2.74. The largest absolute Gasteiger partial charge is 0.321 e. The third kappa shape index (κ3) is 1.90. The van der Waals surface area contributed by atoms with E-state index in [-0.39, 0.29) is 6.04 Å². The van der Waals surface area contributed by atoms with Crippen molar-refractivity contribution < 1.29 is 0 Å². The molecule has 0 bridgehead atoms. The van der Waals surface area contributed by atoms with Crippen molar-refractivity contribution in [3.05, 3.63) is 29.2 Å². The molecule has 0 aliphatic carbocycles. The molecule has 1 atom stereocenters. The minimum atomic E-state index is -0.104. The van der Waals surface area contributed by atoms with Crippen LogP contribution in [0, 0.1) is 0 Å². The molecular formula is C7H9N5S. The summed E-state index contributed by atoms with van der Waals surface area (Å²) in [5, 5.41) is 5.91. The van der Waals surface area contributed by atoms with Gasteiger partial charge >= 0.3 is 0 Å². The molecule has 0 aliphatic rings. The lowest BCUT2D eigenvalue weighted by atomic mass is 10.2. The van der Waals surface area contributed by atoms with Crippen LogP contribution in [-0.4, -0.2) is 19.7 Å². The van der Waals surface area contributed by atoms with Gasteiger partial charge in [-0.15, -0.1) is 11.3 Å². The van der Waals surface area contributed by atoms with E-state index in [1.165, 1.54) is 6.33 Å². The lowest BCUT2D eigenvalue weighted by molar-refractivity contribution is 0.519. The lowest BCUT2D eigenvalue weighted by Crippen LogP contribution is -2.18. The fourth-order valence-corrected chi connectivity index (χ4v) is 1.65. The number of aromatic nitrogens is 4. The Balaban J connectivity index is 2.04. The summed E-state index contributed by atoms with van der Waals surface area (Å²) >= 11 is 1.54. The van der Waals surface area contributed by atoms with Gasteiger partial charge in [-0.25, -0.2) is 9.97 Å². The maximum atomic E-state index is 5.89. The van der Waals surface area contributed by atoms with Crippen LogP contribution in [0.2, 0.25) is 0 Å². The van der Waals surface area contributed by atoms with Gasteiger partial charge in [0.05, 0.1) is 23.8 Å². The highest BCUT2D eigenvalue weighted by Crippen LogP contribution is 2.11. The zero-order chi connectivity index (χ0) is 9.10. The number of thiazole rings is 1. The normalized spacial score (nSPS) is 13.0. The molecule has 2 aromatic heterocycles. The van der Waals surface area contributed by atoms with E-state index in [2.05, 4.69) is 15.1 Å². The molecule has 0 saturated heterocycles. The van der Waals surface area contributed by atoms with Crippen LogP contribution in [0.25, 0.3) is 0 Å². The Bertz CT molecular complexity index is 341. The maximum absolute atomic E-state index is 5.89. The average molecular weight is 195 g/mol. The zero-order valence-electron chi connectivity index (χ0n) is 6.87. The fourth-order valence-electron chi connectivity index (χ4n) is 1.03. The van der Waals surface area contributed by atoms with Crippen LogP contribution in [0.1, 0.15) is 11.7 Å². The highest BCUT2D eigenvalue weighted by atomic mass is 32.1. The molecule has 0 spiro atoms. The van der Waals surface area contributed by atoms with Gasteiger partial charge in [-0.1, -0.05) is 0 Å². The van der Waals surface area contributed by atoms with Gasteiger partial charge in [-0.05, 0) is 0 Å². The van der Waals surface area contributed by atoms with Crippen molar-refractivity contribution in [3.63, 3.8) is 0 Å². The number of rotatable bonds is 3. The summed E-state index contributed by atoms with van der Waals surface area (Å²) in [5.74, 6) is 0. The maximum Gasteiger partial charge on any atom is 0.137 e. The van der Waals surface area contributed by atoms with Crippen molar-refractivity contribution in [1.29, 1.82) is 0 Å².